The summed E-state index contributed by atoms with van der Waals surface area (Å²) in [6.07, 6.45) is 17.7. The SMILES string of the molecule is C/C=C\C=C/C/C=C/Cc1ccccc1.CO/C=C1\CC(C)N1C. The highest BCUT2D eigenvalue weighted by Crippen LogP contribution is 2.25. The lowest BCUT2D eigenvalue weighted by Crippen LogP contribution is -2.40. The van der Waals surface area contributed by atoms with Gasteiger partial charge in [-0.2, -0.15) is 0 Å². The van der Waals surface area contributed by atoms with Gasteiger partial charge in [0, 0.05) is 19.5 Å². The summed E-state index contributed by atoms with van der Waals surface area (Å²) >= 11 is 0. The van der Waals surface area contributed by atoms with Crippen molar-refractivity contribution in [2.24, 2.45) is 0 Å². The quantitative estimate of drug-likeness (QED) is 0.389. The van der Waals surface area contributed by atoms with E-state index < -0.39 is 0 Å². The normalized spacial score (nSPS) is 18.9. The van der Waals surface area contributed by atoms with Crippen molar-refractivity contribution in [3.05, 3.63) is 84.3 Å². The highest BCUT2D eigenvalue weighted by atomic mass is 16.5. The van der Waals surface area contributed by atoms with E-state index in [1.165, 1.54) is 11.3 Å². The highest BCUT2D eigenvalue weighted by molar-refractivity contribution is 5.17. The van der Waals surface area contributed by atoms with Gasteiger partial charge >= 0.3 is 0 Å². The molecule has 0 N–H and O–H groups in total. The van der Waals surface area contributed by atoms with Gasteiger partial charge in [0.1, 0.15) is 6.26 Å². The Kier molecular flexibility index (Phi) is 10.1. The van der Waals surface area contributed by atoms with Crippen LogP contribution < -0.4 is 0 Å². The average Bonchev–Trinajstić information content (AvgIpc) is 2.62. The smallest absolute Gasteiger partial charge is 0.102 e. The third-order valence-electron chi connectivity index (χ3n) is 3.95. The molecule has 24 heavy (non-hydrogen) atoms. The summed E-state index contributed by atoms with van der Waals surface area (Å²) < 4.78 is 4.86. The molecule has 0 aliphatic carbocycles. The average molecular weight is 325 g/mol. The summed E-state index contributed by atoms with van der Waals surface area (Å²) in [6, 6.07) is 11.2. The van der Waals surface area contributed by atoms with Crippen molar-refractivity contribution in [2.45, 2.75) is 39.2 Å². The number of ether oxygens (including phenoxy) is 1. The molecule has 0 bridgehead atoms. The zero-order valence-electron chi connectivity index (χ0n) is 15.5. The molecule has 0 spiro atoms. The fraction of sp³-hybridized carbons (Fsp3) is 0.364. The summed E-state index contributed by atoms with van der Waals surface area (Å²) in [5, 5.41) is 0. The Labute approximate surface area is 147 Å². The molecule has 1 atom stereocenters. The van der Waals surface area contributed by atoms with Gasteiger partial charge in [-0.25, -0.2) is 0 Å². The Bertz CT molecular complexity index is 555. The maximum atomic E-state index is 4.86. The van der Waals surface area contributed by atoms with Gasteiger partial charge < -0.3 is 9.64 Å². The third kappa shape index (κ3) is 7.87. The minimum absolute atomic E-state index is 0.700. The Morgan fingerprint density at radius 3 is 2.46 bits per heavy atom. The zero-order chi connectivity index (χ0) is 17.6. The molecule has 1 aromatic carbocycles. The van der Waals surface area contributed by atoms with Crippen LogP contribution >= 0.6 is 0 Å². The predicted octanol–water partition coefficient (Wildman–Crippen LogP) is 5.51. The van der Waals surface area contributed by atoms with Crippen LogP contribution in [0.15, 0.2) is 78.7 Å². The molecule has 0 amide bonds. The van der Waals surface area contributed by atoms with Gasteiger partial charge in [0.15, 0.2) is 0 Å². The molecule has 0 aromatic heterocycles. The van der Waals surface area contributed by atoms with Crippen LogP contribution in [0.25, 0.3) is 0 Å². The zero-order valence-corrected chi connectivity index (χ0v) is 15.5. The number of rotatable bonds is 6. The van der Waals surface area contributed by atoms with Crippen molar-refractivity contribution in [3.8, 4) is 0 Å². The number of likely N-dealkylation sites (tertiary alicyclic amines) is 1. The van der Waals surface area contributed by atoms with Gasteiger partial charge in [-0.1, -0.05) is 66.8 Å². The molecule has 1 aliphatic heterocycles. The van der Waals surface area contributed by atoms with Crippen molar-refractivity contribution in [2.75, 3.05) is 14.2 Å². The molecule has 0 saturated carbocycles. The molecule has 2 heteroatoms. The monoisotopic (exact) mass is 325 g/mol. The molecule has 1 unspecified atom stereocenters. The number of methoxy groups -OCH3 is 1. The molecule has 1 aliphatic rings. The molecule has 130 valence electrons. The van der Waals surface area contributed by atoms with Crippen LogP contribution in [0, 0.1) is 0 Å². The van der Waals surface area contributed by atoms with Crippen LogP contribution in [-0.4, -0.2) is 25.1 Å². The second-order valence-corrected chi connectivity index (χ2v) is 5.86. The highest BCUT2D eigenvalue weighted by Gasteiger charge is 2.24. The molecule has 1 saturated heterocycles. The van der Waals surface area contributed by atoms with Gasteiger partial charge in [0.2, 0.25) is 0 Å². The summed E-state index contributed by atoms with van der Waals surface area (Å²) in [4.78, 5) is 2.21. The van der Waals surface area contributed by atoms with E-state index >= 15 is 0 Å². The van der Waals surface area contributed by atoms with Crippen LogP contribution in [0.5, 0.6) is 0 Å². The van der Waals surface area contributed by atoms with Gasteiger partial charge in [0.25, 0.3) is 0 Å². The number of allylic oxidation sites excluding steroid dienone is 6. The van der Waals surface area contributed by atoms with Crippen molar-refractivity contribution in [1.82, 2.24) is 4.90 Å². The van der Waals surface area contributed by atoms with Crippen LogP contribution in [0.2, 0.25) is 0 Å². The first-order chi connectivity index (χ1) is 11.7. The predicted molar refractivity (Wildman–Crippen MR) is 105 cm³/mol. The van der Waals surface area contributed by atoms with E-state index in [0.717, 1.165) is 19.3 Å². The van der Waals surface area contributed by atoms with Gasteiger partial charge in [-0.05, 0) is 32.3 Å². The number of nitrogens with zero attached hydrogens (tertiary/aromatic N) is 1. The minimum atomic E-state index is 0.700. The number of benzene rings is 1. The first-order valence-electron chi connectivity index (χ1n) is 8.60. The largest absolute Gasteiger partial charge is 0.503 e. The fourth-order valence-electron chi connectivity index (χ4n) is 2.30. The van der Waals surface area contributed by atoms with Crippen LogP contribution in [0.1, 0.15) is 32.3 Å². The lowest BCUT2D eigenvalue weighted by Gasteiger charge is -2.39. The summed E-state index contributed by atoms with van der Waals surface area (Å²) in [7, 11) is 3.77. The standard InChI is InChI=1S/C15H18.C7H13NO/c1-2-3-4-5-6-7-9-12-15-13-10-8-11-14-15;1-6-4-7(5-9-3)8(6)2/h2-5,7-11,13-14H,6,12H2,1H3;5-6H,4H2,1-3H3/b3-2-,5-4-,9-7+;7-5+. The first kappa shape index (κ1) is 19.8. The first-order valence-corrected chi connectivity index (χ1v) is 8.60. The topological polar surface area (TPSA) is 12.5 Å². The molecular weight excluding hydrogens is 294 g/mol. The van der Waals surface area contributed by atoms with E-state index in [0.29, 0.717) is 6.04 Å². The number of hydrogen-bond donors (Lipinski definition) is 0. The van der Waals surface area contributed by atoms with Crippen molar-refractivity contribution < 1.29 is 4.74 Å². The van der Waals surface area contributed by atoms with Crippen molar-refractivity contribution in [1.29, 1.82) is 0 Å². The second kappa shape index (κ2) is 12.2. The Balaban J connectivity index is 0.000000272. The molecule has 1 heterocycles. The van der Waals surface area contributed by atoms with Crippen LogP contribution in [0.3, 0.4) is 0 Å². The summed E-state index contributed by atoms with van der Waals surface area (Å²) in [5.41, 5.74) is 2.66. The van der Waals surface area contributed by atoms with E-state index in [1.807, 2.05) is 25.1 Å². The fourth-order valence-corrected chi connectivity index (χ4v) is 2.30. The second-order valence-electron chi connectivity index (χ2n) is 5.86. The third-order valence-corrected chi connectivity index (χ3v) is 3.95. The van der Waals surface area contributed by atoms with E-state index in [-0.39, 0.29) is 0 Å². The lowest BCUT2D eigenvalue weighted by atomic mass is 10.0. The lowest BCUT2D eigenvalue weighted by molar-refractivity contribution is 0.193. The maximum Gasteiger partial charge on any atom is 0.102 e. The van der Waals surface area contributed by atoms with E-state index in [9.17, 15) is 0 Å². The van der Waals surface area contributed by atoms with Gasteiger partial charge in [-0.3, -0.25) is 0 Å². The number of hydrogen-bond acceptors (Lipinski definition) is 2. The van der Waals surface area contributed by atoms with E-state index in [1.54, 1.807) is 13.4 Å². The minimum Gasteiger partial charge on any atom is -0.503 e. The maximum absolute atomic E-state index is 4.86. The summed E-state index contributed by atoms with van der Waals surface area (Å²) in [6.45, 7) is 4.22. The molecule has 0 radical (unpaired) electrons. The van der Waals surface area contributed by atoms with Crippen molar-refractivity contribution >= 4 is 0 Å². The van der Waals surface area contributed by atoms with E-state index in [2.05, 4.69) is 67.4 Å². The van der Waals surface area contributed by atoms with Gasteiger partial charge in [0.05, 0.1) is 12.8 Å². The Hall–Kier alpha value is -2.22. The molecule has 2 rings (SSSR count). The molecule has 2 nitrogen and oxygen atoms in total. The molecular formula is C22H31NO. The van der Waals surface area contributed by atoms with E-state index in [4.69, 9.17) is 4.74 Å². The van der Waals surface area contributed by atoms with Crippen molar-refractivity contribution in [3.63, 3.8) is 0 Å². The molecule has 1 aromatic rings. The Morgan fingerprint density at radius 2 is 1.88 bits per heavy atom. The summed E-state index contributed by atoms with van der Waals surface area (Å²) in [5.74, 6) is 0. The van der Waals surface area contributed by atoms with Crippen LogP contribution in [-0.2, 0) is 11.2 Å². The molecule has 1 fully saturated rings. The van der Waals surface area contributed by atoms with Crippen LogP contribution in [0.4, 0.5) is 0 Å². The van der Waals surface area contributed by atoms with Gasteiger partial charge in [-0.15, -0.1) is 0 Å². The Morgan fingerprint density at radius 1 is 1.12 bits per heavy atom.